The maximum atomic E-state index is 12.1. The standard InChI is InChI=1S/C12H16N4O6/c1-15-10-5(11(20)16(2)12(15)21)13-9(14-10)8-7(19)6(18)4(3-17)22-8/h4,6-8,17-19H,3H2,1-2H3,(H,13,14). The molecule has 1 aliphatic rings. The van der Waals surface area contributed by atoms with Crippen molar-refractivity contribution in [3.63, 3.8) is 0 Å². The molecule has 0 aromatic carbocycles. The highest BCUT2D eigenvalue weighted by Gasteiger charge is 2.44. The predicted octanol–water partition coefficient (Wildman–Crippen LogP) is -2.89. The summed E-state index contributed by atoms with van der Waals surface area (Å²) in [5.41, 5.74) is -0.863. The topological polar surface area (TPSA) is 143 Å². The monoisotopic (exact) mass is 312 g/mol. The Morgan fingerprint density at radius 3 is 2.50 bits per heavy atom. The Hall–Kier alpha value is -2.01. The van der Waals surface area contributed by atoms with E-state index >= 15 is 0 Å². The summed E-state index contributed by atoms with van der Waals surface area (Å²) in [6.45, 7) is -0.463. The van der Waals surface area contributed by atoms with Crippen LogP contribution in [0.3, 0.4) is 0 Å². The molecule has 4 N–H and O–H groups in total. The van der Waals surface area contributed by atoms with Gasteiger partial charge in [0.05, 0.1) is 6.61 Å². The third-order valence-corrected chi connectivity index (χ3v) is 3.92. The Bertz CT molecular complexity index is 836. The van der Waals surface area contributed by atoms with Crippen molar-refractivity contribution in [2.24, 2.45) is 14.1 Å². The third-order valence-electron chi connectivity index (χ3n) is 3.92. The van der Waals surface area contributed by atoms with Crippen molar-refractivity contribution in [2.45, 2.75) is 24.4 Å². The summed E-state index contributed by atoms with van der Waals surface area (Å²) >= 11 is 0. The first-order valence-electron chi connectivity index (χ1n) is 6.65. The number of aliphatic hydroxyl groups is 3. The molecular formula is C12H16N4O6. The molecule has 3 rings (SSSR count). The molecule has 0 radical (unpaired) electrons. The van der Waals surface area contributed by atoms with Crippen LogP contribution < -0.4 is 11.2 Å². The maximum Gasteiger partial charge on any atom is 0.332 e. The van der Waals surface area contributed by atoms with E-state index in [-0.39, 0.29) is 17.0 Å². The number of aliphatic hydroxyl groups excluding tert-OH is 3. The number of hydrogen-bond acceptors (Lipinski definition) is 7. The van der Waals surface area contributed by atoms with E-state index in [2.05, 4.69) is 9.97 Å². The van der Waals surface area contributed by atoms with Crippen molar-refractivity contribution in [1.29, 1.82) is 0 Å². The molecule has 1 fully saturated rings. The number of nitrogens with zero attached hydrogens (tertiary/aromatic N) is 3. The van der Waals surface area contributed by atoms with Gasteiger partial charge in [-0.2, -0.15) is 0 Å². The summed E-state index contributed by atoms with van der Waals surface area (Å²) in [4.78, 5) is 30.8. The molecule has 0 saturated carbocycles. The highest BCUT2D eigenvalue weighted by Crippen LogP contribution is 2.32. The molecule has 2 aromatic heterocycles. The zero-order valence-corrected chi connectivity index (χ0v) is 11.9. The number of H-pyrrole nitrogens is 1. The van der Waals surface area contributed by atoms with Crippen molar-refractivity contribution in [1.82, 2.24) is 19.1 Å². The molecule has 0 aliphatic carbocycles. The minimum Gasteiger partial charge on any atom is -0.394 e. The molecule has 1 saturated heterocycles. The van der Waals surface area contributed by atoms with E-state index in [4.69, 9.17) is 9.84 Å². The lowest BCUT2D eigenvalue weighted by Gasteiger charge is -2.11. The van der Waals surface area contributed by atoms with Crippen molar-refractivity contribution in [2.75, 3.05) is 6.61 Å². The van der Waals surface area contributed by atoms with Gasteiger partial charge in [-0.25, -0.2) is 9.78 Å². The van der Waals surface area contributed by atoms with Gasteiger partial charge >= 0.3 is 5.69 Å². The van der Waals surface area contributed by atoms with Crippen molar-refractivity contribution in [3.8, 4) is 0 Å². The summed E-state index contributed by atoms with van der Waals surface area (Å²) < 4.78 is 7.48. The largest absolute Gasteiger partial charge is 0.394 e. The molecule has 4 atom stereocenters. The molecule has 1 aliphatic heterocycles. The van der Waals surface area contributed by atoms with Crippen LogP contribution >= 0.6 is 0 Å². The normalized spacial score (nSPS) is 28.6. The Kier molecular flexibility index (Phi) is 3.40. The summed E-state index contributed by atoms with van der Waals surface area (Å²) in [6, 6.07) is 0. The zero-order chi connectivity index (χ0) is 16.2. The van der Waals surface area contributed by atoms with Crippen molar-refractivity contribution < 1.29 is 20.1 Å². The Morgan fingerprint density at radius 1 is 1.23 bits per heavy atom. The number of imidazole rings is 1. The fourth-order valence-electron chi connectivity index (χ4n) is 2.60. The molecule has 4 unspecified atom stereocenters. The average molecular weight is 312 g/mol. The SMILES string of the molecule is Cn1c(=O)c2[nH]c(C3OC(CO)C(O)C3O)nc2n(C)c1=O. The van der Waals surface area contributed by atoms with E-state index in [1.807, 2.05) is 0 Å². The van der Waals surface area contributed by atoms with Crippen LogP contribution in [0.25, 0.3) is 11.2 Å². The summed E-state index contributed by atoms with van der Waals surface area (Å²) in [7, 11) is 2.81. The fourth-order valence-corrected chi connectivity index (χ4v) is 2.60. The molecule has 22 heavy (non-hydrogen) atoms. The summed E-state index contributed by atoms with van der Waals surface area (Å²) in [5.74, 6) is 0.107. The van der Waals surface area contributed by atoms with E-state index in [9.17, 15) is 19.8 Å². The molecule has 120 valence electrons. The summed E-state index contributed by atoms with van der Waals surface area (Å²) in [5, 5.41) is 28.8. The van der Waals surface area contributed by atoms with Crippen LogP contribution in [0.2, 0.25) is 0 Å². The van der Waals surface area contributed by atoms with Gasteiger partial charge in [-0.15, -0.1) is 0 Å². The lowest BCUT2D eigenvalue weighted by atomic mass is 10.1. The van der Waals surface area contributed by atoms with Gasteiger partial charge in [-0.1, -0.05) is 0 Å². The van der Waals surface area contributed by atoms with Gasteiger partial charge in [-0.3, -0.25) is 13.9 Å². The number of fused-ring (bicyclic) bond motifs is 1. The number of rotatable bonds is 2. The second-order valence-electron chi connectivity index (χ2n) is 5.29. The minimum atomic E-state index is -1.31. The van der Waals surface area contributed by atoms with E-state index in [0.717, 1.165) is 4.57 Å². The predicted molar refractivity (Wildman–Crippen MR) is 73.3 cm³/mol. The van der Waals surface area contributed by atoms with Crippen molar-refractivity contribution in [3.05, 3.63) is 26.7 Å². The molecule has 0 bridgehead atoms. The van der Waals surface area contributed by atoms with Crippen LogP contribution in [0.4, 0.5) is 0 Å². The highest BCUT2D eigenvalue weighted by molar-refractivity contribution is 5.69. The molecular weight excluding hydrogens is 296 g/mol. The van der Waals surface area contributed by atoms with Gasteiger partial charge in [-0.05, 0) is 0 Å². The highest BCUT2D eigenvalue weighted by atomic mass is 16.6. The molecule has 0 spiro atoms. The number of hydrogen-bond donors (Lipinski definition) is 4. The number of ether oxygens (including phenoxy) is 1. The van der Waals surface area contributed by atoms with E-state index < -0.39 is 42.3 Å². The Morgan fingerprint density at radius 2 is 1.91 bits per heavy atom. The second kappa shape index (κ2) is 5.02. The van der Waals surface area contributed by atoms with Crippen LogP contribution in [0, 0.1) is 0 Å². The van der Waals surface area contributed by atoms with Crippen LogP contribution in [-0.2, 0) is 18.8 Å². The number of aromatic nitrogens is 4. The Balaban J connectivity index is 2.15. The molecule has 2 aromatic rings. The number of nitrogens with one attached hydrogen (secondary N) is 1. The molecule has 3 heterocycles. The molecule has 10 heteroatoms. The lowest BCUT2D eigenvalue weighted by molar-refractivity contribution is -0.0249. The van der Waals surface area contributed by atoms with Crippen LogP contribution in [0.1, 0.15) is 11.9 Å². The van der Waals surface area contributed by atoms with Gasteiger partial charge in [0.25, 0.3) is 5.56 Å². The quantitative estimate of drug-likeness (QED) is 0.466. The molecule has 0 amide bonds. The van der Waals surface area contributed by atoms with E-state index in [1.54, 1.807) is 0 Å². The third kappa shape index (κ3) is 1.92. The first-order chi connectivity index (χ1) is 10.4. The van der Waals surface area contributed by atoms with Gasteiger partial charge in [0.2, 0.25) is 0 Å². The van der Waals surface area contributed by atoms with Gasteiger partial charge in [0, 0.05) is 14.1 Å². The lowest BCUT2D eigenvalue weighted by Crippen LogP contribution is -2.36. The van der Waals surface area contributed by atoms with Crippen LogP contribution in [-0.4, -0.2) is 59.3 Å². The zero-order valence-electron chi connectivity index (χ0n) is 11.9. The van der Waals surface area contributed by atoms with Gasteiger partial charge in [0.15, 0.2) is 5.65 Å². The van der Waals surface area contributed by atoms with Crippen molar-refractivity contribution >= 4 is 11.2 Å². The number of aryl methyl sites for hydroxylation is 1. The maximum absolute atomic E-state index is 12.1. The van der Waals surface area contributed by atoms with Crippen LogP contribution in [0.5, 0.6) is 0 Å². The fraction of sp³-hybridized carbons (Fsp3) is 0.583. The van der Waals surface area contributed by atoms with Gasteiger partial charge in [0.1, 0.15) is 35.8 Å². The van der Waals surface area contributed by atoms with E-state index in [0.29, 0.717) is 0 Å². The summed E-state index contributed by atoms with van der Waals surface area (Å²) in [6.07, 6.45) is -4.55. The van der Waals surface area contributed by atoms with E-state index in [1.165, 1.54) is 18.7 Å². The molecule has 10 nitrogen and oxygen atoms in total. The Labute approximate surface area is 123 Å². The first-order valence-corrected chi connectivity index (χ1v) is 6.65. The second-order valence-corrected chi connectivity index (χ2v) is 5.29. The minimum absolute atomic E-state index is 0.0948. The smallest absolute Gasteiger partial charge is 0.332 e. The number of aromatic amines is 1. The van der Waals surface area contributed by atoms with Gasteiger partial charge < -0.3 is 25.0 Å². The van der Waals surface area contributed by atoms with Crippen LogP contribution in [0.15, 0.2) is 9.59 Å². The first kappa shape index (κ1) is 14.9. The average Bonchev–Trinajstić information content (AvgIpc) is 3.06.